The zero-order valence-electron chi connectivity index (χ0n) is 6.39. The Morgan fingerprint density at radius 2 is 2.09 bits per heavy atom. The Hall–Kier alpha value is -0.450. The van der Waals surface area contributed by atoms with Gasteiger partial charge in [-0.1, -0.05) is 0 Å². The number of methoxy groups -OCH3 is 1. The fourth-order valence-electron chi connectivity index (χ4n) is 0.870. The number of phenolic OH excluding ortho intramolecular Hbond substituents is 1. The maximum atomic E-state index is 9.43. The molecule has 0 saturated heterocycles. The summed E-state index contributed by atoms with van der Waals surface area (Å²) in [5.41, 5.74) is 0.791. The second kappa shape index (κ2) is 3.30. The van der Waals surface area contributed by atoms with Crippen LogP contribution < -0.4 is 4.74 Å². The number of ether oxygens (including phenoxy) is 1. The Kier molecular flexibility index (Phi) is 2.59. The van der Waals surface area contributed by atoms with Gasteiger partial charge >= 0.3 is 0 Å². The monoisotopic (exact) mass is 264 g/mol. The SMILES string of the molecule is COc1ccc(I)c(O)c1C. The largest absolute Gasteiger partial charge is 0.506 e. The van der Waals surface area contributed by atoms with E-state index in [9.17, 15) is 5.11 Å². The molecule has 0 aliphatic heterocycles. The standard InChI is InChI=1S/C8H9IO2/c1-5-7(11-2)4-3-6(9)8(5)10/h3-4,10H,1-2H3. The highest BCUT2D eigenvalue weighted by atomic mass is 127. The van der Waals surface area contributed by atoms with Crippen LogP contribution in [0.2, 0.25) is 0 Å². The molecular formula is C8H9IO2. The zero-order valence-corrected chi connectivity index (χ0v) is 8.55. The Balaban J connectivity index is 3.25. The van der Waals surface area contributed by atoms with Crippen LogP contribution in [0.15, 0.2) is 12.1 Å². The van der Waals surface area contributed by atoms with Gasteiger partial charge in [0.15, 0.2) is 0 Å². The summed E-state index contributed by atoms with van der Waals surface area (Å²) in [6.07, 6.45) is 0. The molecule has 0 radical (unpaired) electrons. The average molecular weight is 264 g/mol. The van der Waals surface area contributed by atoms with Gasteiger partial charge < -0.3 is 9.84 Å². The highest BCUT2D eigenvalue weighted by Crippen LogP contribution is 2.30. The molecule has 0 heterocycles. The van der Waals surface area contributed by atoms with Crippen molar-refractivity contribution in [3.05, 3.63) is 21.3 Å². The van der Waals surface area contributed by atoms with Crippen LogP contribution in [-0.2, 0) is 0 Å². The van der Waals surface area contributed by atoms with Gasteiger partial charge in [-0.15, -0.1) is 0 Å². The number of benzene rings is 1. The topological polar surface area (TPSA) is 29.5 Å². The molecule has 60 valence electrons. The fourth-order valence-corrected chi connectivity index (χ4v) is 1.45. The minimum Gasteiger partial charge on any atom is -0.506 e. The molecule has 0 saturated carbocycles. The summed E-state index contributed by atoms with van der Waals surface area (Å²) < 4.78 is 5.87. The first-order valence-corrected chi connectivity index (χ1v) is 4.26. The molecule has 0 spiro atoms. The van der Waals surface area contributed by atoms with Crippen molar-refractivity contribution in [2.24, 2.45) is 0 Å². The normalized spacial score (nSPS) is 9.73. The minimum absolute atomic E-state index is 0.310. The second-order valence-electron chi connectivity index (χ2n) is 2.22. The van der Waals surface area contributed by atoms with E-state index in [-0.39, 0.29) is 0 Å². The molecule has 3 heteroatoms. The van der Waals surface area contributed by atoms with E-state index in [0.717, 1.165) is 14.9 Å². The predicted octanol–water partition coefficient (Wildman–Crippen LogP) is 2.31. The molecule has 0 fully saturated rings. The lowest BCUT2D eigenvalue weighted by Gasteiger charge is -2.06. The molecule has 1 rings (SSSR count). The first-order valence-electron chi connectivity index (χ1n) is 3.19. The first kappa shape index (κ1) is 8.64. The quantitative estimate of drug-likeness (QED) is 0.789. The summed E-state index contributed by atoms with van der Waals surface area (Å²) in [7, 11) is 1.59. The lowest BCUT2D eigenvalue weighted by Crippen LogP contribution is -1.88. The van der Waals surface area contributed by atoms with Gasteiger partial charge in [0.25, 0.3) is 0 Å². The molecule has 2 nitrogen and oxygen atoms in total. The van der Waals surface area contributed by atoms with Crippen LogP contribution in [0, 0.1) is 10.5 Å². The average Bonchev–Trinajstić information content (AvgIpc) is 2.01. The summed E-state index contributed by atoms with van der Waals surface area (Å²) in [4.78, 5) is 0. The Labute approximate surface area is 79.3 Å². The molecule has 1 N–H and O–H groups in total. The van der Waals surface area contributed by atoms with Gasteiger partial charge in [-0.2, -0.15) is 0 Å². The Morgan fingerprint density at radius 1 is 1.45 bits per heavy atom. The second-order valence-corrected chi connectivity index (χ2v) is 3.39. The van der Waals surface area contributed by atoms with Crippen molar-refractivity contribution in [3.8, 4) is 11.5 Å². The third kappa shape index (κ3) is 1.58. The van der Waals surface area contributed by atoms with Gasteiger partial charge in [-0.05, 0) is 41.6 Å². The summed E-state index contributed by atoms with van der Waals surface area (Å²) in [6, 6.07) is 3.67. The van der Waals surface area contributed by atoms with Crippen LogP contribution in [0.1, 0.15) is 5.56 Å². The van der Waals surface area contributed by atoms with Crippen LogP contribution >= 0.6 is 22.6 Å². The van der Waals surface area contributed by atoms with Gasteiger partial charge in [-0.3, -0.25) is 0 Å². The van der Waals surface area contributed by atoms with E-state index in [2.05, 4.69) is 22.6 Å². The van der Waals surface area contributed by atoms with Crippen molar-refractivity contribution < 1.29 is 9.84 Å². The molecule has 0 aliphatic rings. The van der Waals surface area contributed by atoms with E-state index in [1.807, 2.05) is 19.1 Å². The third-order valence-corrected chi connectivity index (χ3v) is 2.42. The van der Waals surface area contributed by atoms with E-state index in [1.165, 1.54) is 0 Å². The molecule has 1 aromatic carbocycles. The van der Waals surface area contributed by atoms with E-state index in [4.69, 9.17) is 4.74 Å². The molecule has 0 bridgehead atoms. The van der Waals surface area contributed by atoms with Crippen molar-refractivity contribution in [2.75, 3.05) is 7.11 Å². The number of hydrogen-bond donors (Lipinski definition) is 1. The molecule has 0 atom stereocenters. The van der Waals surface area contributed by atoms with Crippen LogP contribution in [0.3, 0.4) is 0 Å². The minimum atomic E-state index is 0.310. The lowest BCUT2D eigenvalue weighted by atomic mass is 10.2. The number of hydrogen-bond acceptors (Lipinski definition) is 2. The summed E-state index contributed by atoms with van der Waals surface area (Å²) in [5.74, 6) is 1.04. The fraction of sp³-hybridized carbons (Fsp3) is 0.250. The zero-order chi connectivity index (χ0) is 8.43. The molecule has 0 aliphatic carbocycles. The smallest absolute Gasteiger partial charge is 0.135 e. The van der Waals surface area contributed by atoms with Crippen molar-refractivity contribution in [2.45, 2.75) is 6.92 Å². The molecule has 0 amide bonds. The molecule has 0 unspecified atom stereocenters. The highest BCUT2D eigenvalue weighted by Gasteiger charge is 2.05. The summed E-state index contributed by atoms with van der Waals surface area (Å²) in [5, 5.41) is 9.43. The first-order chi connectivity index (χ1) is 5.16. The van der Waals surface area contributed by atoms with E-state index >= 15 is 0 Å². The van der Waals surface area contributed by atoms with Gasteiger partial charge in [-0.25, -0.2) is 0 Å². The molecule has 0 aromatic heterocycles. The van der Waals surface area contributed by atoms with Crippen molar-refractivity contribution in [1.29, 1.82) is 0 Å². The third-order valence-electron chi connectivity index (χ3n) is 1.55. The van der Waals surface area contributed by atoms with Crippen molar-refractivity contribution in [1.82, 2.24) is 0 Å². The number of halogens is 1. The Bertz CT molecular complexity index is 271. The van der Waals surface area contributed by atoms with Gasteiger partial charge in [0.2, 0.25) is 0 Å². The van der Waals surface area contributed by atoms with E-state index in [0.29, 0.717) is 5.75 Å². The van der Waals surface area contributed by atoms with Gasteiger partial charge in [0, 0.05) is 5.56 Å². The van der Waals surface area contributed by atoms with Crippen LogP contribution in [0.5, 0.6) is 11.5 Å². The maximum Gasteiger partial charge on any atom is 0.135 e. The number of rotatable bonds is 1. The van der Waals surface area contributed by atoms with Crippen molar-refractivity contribution in [3.63, 3.8) is 0 Å². The molecule has 11 heavy (non-hydrogen) atoms. The van der Waals surface area contributed by atoms with Crippen LogP contribution in [-0.4, -0.2) is 12.2 Å². The van der Waals surface area contributed by atoms with E-state index in [1.54, 1.807) is 7.11 Å². The molecule has 1 aromatic rings. The molecular weight excluding hydrogens is 255 g/mol. The number of aromatic hydroxyl groups is 1. The van der Waals surface area contributed by atoms with Crippen LogP contribution in [0.4, 0.5) is 0 Å². The van der Waals surface area contributed by atoms with Gasteiger partial charge in [0.05, 0.1) is 10.7 Å². The maximum absolute atomic E-state index is 9.43. The van der Waals surface area contributed by atoms with Gasteiger partial charge in [0.1, 0.15) is 11.5 Å². The van der Waals surface area contributed by atoms with Crippen molar-refractivity contribution >= 4 is 22.6 Å². The predicted molar refractivity (Wildman–Crippen MR) is 52.1 cm³/mol. The summed E-state index contributed by atoms with van der Waals surface area (Å²) >= 11 is 2.08. The highest BCUT2D eigenvalue weighted by molar-refractivity contribution is 14.1. The number of phenols is 1. The lowest BCUT2D eigenvalue weighted by molar-refractivity contribution is 0.402. The van der Waals surface area contributed by atoms with E-state index < -0.39 is 0 Å². The van der Waals surface area contributed by atoms with Crippen LogP contribution in [0.25, 0.3) is 0 Å². The Morgan fingerprint density at radius 3 is 2.64 bits per heavy atom. The summed E-state index contributed by atoms with van der Waals surface area (Å²) in [6.45, 7) is 1.83.